The lowest BCUT2D eigenvalue weighted by atomic mass is 10.1. The second kappa shape index (κ2) is 5.21. The molecule has 0 unspecified atom stereocenters. The molecule has 0 saturated heterocycles. The molecule has 0 atom stereocenters. The van der Waals surface area contributed by atoms with Crippen LogP contribution in [-0.4, -0.2) is 28.8 Å². The van der Waals surface area contributed by atoms with Gasteiger partial charge in [0.15, 0.2) is 11.5 Å². The van der Waals surface area contributed by atoms with E-state index in [-0.39, 0.29) is 0 Å². The van der Waals surface area contributed by atoms with Gasteiger partial charge < -0.3 is 9.47 Å². The Balaban J connectivity index is 1.94. The van der Waals surface area contributed by atoms with Crippen LogP contribution < -0.4 is 9.47 Å². The smallest absolute Gasteiger partial charge is 0.216 e. The molecular weight excluding hydrogens is 254 g/mol. The molecule has 0 aliphatic rings. The van der Waals surface area contributed by atoms with E-state index in [9.17, 15) is 0 Å². The normalized spacial score (nSPS) is 10.7. The van der Waals surface area contributed by atoms with Crippen LogP contribution in [-0.2, 0) is 6.42 Å². The van der Waals surface area contributed by atoms with Crippen molar-refractivity contribution >= 4 is 5.65 Å². The average Bonchev–Trinajstić information content (AvgIpc) is 2.89. The Morgan fingerprint density at radius 1 is 1.05 bits per heavy atom. The first-order valence-electron chi connectivity index (χ1n) is 6.32. The van der Waals surface area contributed by atoms with E-state index in [1.165, 1.54) is 0 Å². The number of benzene rings is 1. The Morgan fingerprint density at radius 2 is 1.90 bits per heavy atom. The van der Waals surface area contributed by atoms with Crippen molar-refractivity contribution in [3.63, 3.8) is 0 Å². The topological polar surface area (TPSA) is 48.7 Å². The summed E-state index contributed by atoms with van der Waals surface area (Å²) in [5.74, 6) is 2.26. The van der Waals surface area contributed by atoms with Gasteiger partial charge in [-0.15, -0.1) is 5.10 Å². The van der Waals surface area contributed by atoms with Crippen LogP contribution in [0.2, 0.25) is 0 Å². The van der Waals surface area contributed by atoms with Crippen molar-refractivity contribution in [1.29, 1.82) is 0 Å². The predicted molar refractivity (Wildman–Crippen MR) is 75.3 cm³/mol. The van der Waals surface area contributed by atoms with E-state index in [1.54, 1.807) is 18.7 Å². The van der Waals surface area contributed by atoms with E-state index in [0.29, 0.717) is 12.3 Å². The lowest BCUT2D eigenvalue weighted by molar-refractivity contribution is 0.385. The van der Waals surface area contributed by atoms with Crippen LogP contribution in [0.4, 0.5) is 0 Å². The molecule has 2 aromatic heterocycles. The molecule has 5 nitrogen and oxygen atoms in total. The fourth-order valence-corrected chi connectivity index (χ4v) is 2.12. The third-order valence-electron chi connectivity index (χ3n) is 3.07. The van der Waals surface area contributed by atoms with Crippen molar-refractivity contribution in [2.75, 3.05) is 14.2 Å². The zero-order valence-electron chi connectivity index (χ0n) is 11.4. The summed E-state index contributed by atoms with van der Waals surface area (Å²) in [6.07, 6.45) is 0.655. The van der Waals surface area contributed by atoms with Gasteiger partial charge >= 0.3 is 0 Å². The van der Waals surface area contributed by atoms with Crippen LogP contribution in [0.25, 0.3) is 5.65 Å². The molecule has 3 aromatic rings. The van der Waals surface area contributed by atoms with Gasteiger partial charge in [-0.3, -0.25) is 0 Å². The van der Waals surface area contributed by atoms with E-state index < -0.39 is 0 Å². The third-order valence-corrected chi connectivity index (χ3v) is 3.07. The number of hydrogen-bond acceptors (Lipinski definition) is 4. The standard InChI is InChI=1S/C15H15N3O2/c1-19-12-6-3-5-11(9-12)10-13-16-14-7-4-8-15(20-2)18(14)17-13/h3-9H,10H2,1-2H3. The van der Waals surface area contributed by atoms with Gasteiger partial charge in [0.1, 0.15) is 5.75 Å². The minimum absolute atomic E-state index is 0.655. The first kappa shape index (κ1) is 12.5. The molecule has 0 bridgehead atoms. The van der Waals surface area contributed by atoms with Crippen LogP contribution in [0.3, 0.4) is 0 Å². The molecule has 0 N–H and O–H groups in total. The Bertz CT molecular complexity index is 737. The van der Waals surface area contributed by atoms with Crippen molar-refractivity contribution in [2.24, 2.45) is 0 Å². The van der Waals surface area contributed by atoms with Gasteiger partial charge in [0, 0.05) is 12.5 Å². The predicted octanol–water partition coefficient (Wildman–Crippen LogP) is 2.34. The van der Waals surface area contributed by atoms with E-state index in [2.05, 4.69) is 10.1 Å². The minimum Gasteiger partial charge on any atom is -0.497 e. The first-order valence-corrected chi connectivity index (χ1v) is 6.32. The number of nitrogens with zero attached hydrogens (tertiary/aromatic N) is 3. The molecule has 2 heterocycles. The lowest BCUT2D eigenvalue weighted by Crippen LogP contribution is -1.96. The maximum atomic E-state index is 5.27. The van der Waals surface area contributed by atoms with Crippen molar-refractivity contribution in [3.8, 4) is 11.6 Å². The molecule has 1 aromatic carbocycles. The Hall–Kier alpha value is -2.56. The molecular formula is C15H15N3O2. The summed E-state index contributed by atoms with van der Waals surface area (Å²) in [6.45, 7) is 0. The fourth-order valence-electron chi connectivity index (χ4n) is 2.12. The number of aromatic nitrogens is 3. The zero-order valence-corrected chi connectivity index (χ0v) is 11.4. The number of methoxy groups -OCH3 is 2. The van der Waals surface area contributed by atoms with E-state index in [1.807, 2.05) is 42.5 Å². The summed E-state index contributed by atoms with van der Waals surface area (Å²) in [5.41, 5.74) is 1.89. The summed E-state index contributed by atoms with van der Waals surface area (Å²) in [7, 11) is 3.28. The molecule has 0 saturated carbocycles. The summed E-state index contributed by atoms with van der Waals surface area (Å²) in [5, 5.41) is 4.47. The quantitative estimate of drug-likeness (QED) is 0.729. The van der Waals surface area contributed by atoms with Crippen molar-refractivity contribution in [1.82, 2.24) is 14.6 Å². The van der Waals surface area contributed by atoms with Gasteiger partial charge in [0.25, 0.3) is 0 Å². The highest BCUT2D eigenvalue weighted by atomic mass is 16.5. The number of fused-ring (bicyclic) bond motifs is 1. The molecule has 0 aliphatic heterocycles. The largest absolute Gasteiger partial charge is 0.497 e. The number of pyridine rings is 1. The number of hydrogen-bond donors (Lipinski definition) is 0. The second-order valence-corrected chi connectivity index (χ2v) is 4.39. The molecule has 0 aliphatic carbocycles. The fraction of sp³-hybridized carbons (Fsp3) is 0.200. The maximum Gasteiger partial charge on any atom is 0.216 e. The molecule has 0 spiro atoms. The lowest BCUT2D eigenvalue weighted by Gasteiger charge is -2.02. The highest BCUT2D eigenvalue weighted by molar-refractivity contribution is 5.41. The molecule has 3 rings (SSSR count). The highest BCUT2D eigenvalue weighted by Crippen LogP contribution is 2.17. The van der Waals surface area contributed by atoms with Gasteiger partial charge in [-0.1, -0.05) is 18.2 Å². The van der Waals surface area contributed by atoms with Gasteiger partial charge in [0.2, 0.25) is 5.88 Å². The SMILES string of the molecule is COc1cccc(Cc2nc3cccc(OC)n3n2)c1. The van der Waals surface area contributed by atoms with Crippen molar-refractivity contribution in [3.05, 3.63) is 53.9 Å². The van der Waals surface area contributed by atoms with E-state index in [0.717, 1.165) is 22.8 Å². The van der Waals surface area contributed by atoms with Crippen LogP contribution in [0, 0.1) is 0 Å². The summed E-state index contributed by atoms with van der Waals surface area (Å²) < 4.78 is 12.2. The highest BCUT2D eigenvalue weighted by Gasteiger charge is 2.08. The van der Waals surface area contributed by atoms with Crippen molar-refractivity contribution in [2.45, 2.75) is 6.42 Å². The molecule has 5 heteroatoms. The first-order chi connectivity index (χ1) is 9.80. The zero-order chi connectivity index (χ0) is 13.9. The van der Waals surface area contributed by atoms with E-state index >= 15 is 0 Å². The van der Waals surface area contributed by atoms with Crippen LogP contribution in [0.15, 0.2) is 42.5 Å². The Morgan fingerprint density at radius 3 is 2.70 bits per heavy atom. The number of ether oxygens (including phenoxy) is 2. The summed E-state index contributed by atoms with van der Waals surface area (Å²) in [4.78, 5) is 4.50. The van der Waals surface area contributed by atoms with Crippen LogP contribution in [0.5, 0.6) is 11.6 Å². The average molecular weight is 269 g/mol. The third kappa shape index (κ3) is 2.30. The molecule has 0 amide bonds. The van der Waals surface area contributed by atoms with E-state index in [4.69, 9.17) is 9.47 Å². The monoisotopic (exact) mass is 269 g/mol. The van der Waals surface area contributed by atoms with Crippen LogP contribution in [0.1, 0.15) is 11.4 Å². The van der Waals surface area contributed by atoms with Gasteiger partial charge in [-0.2, -0.15) is 4.52 Å². The Labute approximate surface area is 116 Å². The van der Waals surface area contributed by atoms with Crippen LogP contribution >= 0.6 is 0 Å². The minimum atomic E-state index is 0.655. The molecule has 102 valence electrons. The Kier molecular flexibility index (Phi) is 3.25. The summed E-state index contributed by atoms with van der Waals surface area (Å²) >= 11 is 0. The molecule has 0 fully saturated rings. The molecule has 0 radical (unpaired) electrons. The van der Waals surface area contributed by atoms with Crippen molar-refractivity contribution < 1.29 is 9.47 Å². The molecule has 20 heavy (non-hydrogen) atoms. The number of rotatable bonds is 4. The maximum absolute atomic E-state index is 5.27. The van der Waals surface area contributed by atoms with Gasteiger partial charge in [-0.25, -0.2) is 4.98 Å². The second-order valence-electron chi connectivity index (χ2n) is 4.39. The van der Waals surface area contributed by atoms with Gasteiger partial charge in [0.05, 0.1) is 14.2 Å². The van der Waals surface area contributed by atoms with Gasteiger partial charge in [-0.05, 0) is 23.8 Å². The summed E-state index contributed by atoms with van der Waals surface area (Å²) in [6, 6.07) is 13.6.